The van der Waals surface area contributed by atoms with Gasteiger partial charge in [0.2, 0.25) is 0 Å². The van der Waals surface area contributed by atoms with Gasteiger partial charge in [0.05, 0.1) is 31.0 Å². The summed E-state index contributed by atoms with van der Waals surface area (Å²) in [5, 5.41) is 11.4. The van der Waals surface area contributed by atoms with Crippen molar-refractivity contribution in [2.75, 3.05) is 20.3 Å². The first kappa shape index (κ1) is 24.6. The van der Waals surface area contributed by atoms with Gasteiger partial charge in [0.15, 0.2) is 0 Å². The minimum Gasteiger partial charge on any atom is -0.507 e. The maximum Gasteiger partial charge on any atom is 0.295 e. The number of ketones is 1. The Morgan fingerprint density at radius 1 is 1.18 bits per heavy atom. The molecule has 7 nitrogen and oxygen atoms in total. The Kier molecular flexibility index (Phi) is 7.03. The van der Waals surface area contributed by atoms with E-state index in [1.54, 1.807) is 31.2 Å². The lowest BCUT2D eigenvalue weighted by Crippen LogP contribution is -2.33. The van der Waals surface area contributed by atoms with Gasteiger partial charge in [-0.25, -0.2) is 0 Å². The number of furan rings is 1. The zero-order valence-corrected chi connectivity index (χ0v) is 20.4. The van der Waals surface area contributed by atoms with Gasteiger partial charge in [0.25, 0.3) is 11.7 Å². The van der Waals surface area contributed by atoms with Gasteiger partial charge in [-0.15, -0.1) is 0 Å². The molecule has 33 heavy (non-hydrogen) atoms. The van der Waals surface area contributed by atoms with E-state index >= 15 is 0 Å². The minimum atomic E-state index is -0.863. The van der Waals surface area contributed by atoms with Gasteiger partial charge in [-0.3, -0.25) is 9.59 Å². The van der Waals surface area contributed by atoms with Crippen LogP contribution in [0.25, 0.3) is 5.76 Å². The molecule has 0 spiro atoms. The Balaban J connectivity index is 2.17. The molecule has 1 N–H and O–H groups in total. The van der Waals surface area contributed by atoms with Crippen LogP contribution in [-0.2, 0) is 19.7 Å². The molecule has 1 aliphatic heterocycles. The number of methoxy groups -OCH3 is 1. The second kappa shape index (κ2) is 9.43. The minimum absolute atomic E-state index is 0.0180. The molecular weight excluding hydrogens is 422 g/mol. The molecule has 1 amide bonds. The molecule has 7 heteroatoms. The van der Waals surface area contributed by atoms with Crippen molar-refractivity contribution in [2.45, 2.75) is 59.1 Å². The van der Waals surface area contributed by atoms with E-state index in [1.165, 1.54) is 12.0 Å². The summed E-state index contributed by atoms with van der Waals surface area (Å²) < 4.78 is 16.9. The van der Waals surface area contributed by atoms with Crippen molar-refractivity contribution in [1.29, 1.82) is 0 Å². The number of aryl methyl sites for hydroxylation is 1. The molecule has 1 atom stereocenters. The SMILES string of the molecule is COc1ccc(C(C)(C)C)cc1/C(O)=C1\C(=O)C(=O)N(CCOC(C)C)C1c1ccc(C)o1. The van der Waals surface area contributed by atoms with E-state index in [1.807, 2.05) is 19.9 Å². The van der Waals surface area contributed by atoms with Gasteiger partial charge in [-0.05, 0) is 56.0 Å². The lowest BCUT2D eigenvalue weighted by Gasteiger charge is -2.24. The molecule has 3 rings (SSSR count). The second-order valence-electron chi connectivity index (χ2n) is 9.53. The number of aliphatic hydroxyl groups is 1. The Bertz CT molecular complexity index is 1070. The van der Waals surface area contributed by atoms with Crippen LogP contribution in [0.3, 0.4) is 0 Å². The number of carbonyl (C=O) groups excluding carboxylic acids is 2. The lowest BCUT2D eigenvalue weighted by atomic mass is 9.85. The summed E-state index contributed by atoms with van der Waals surface area (Å²) in [5.41, 5.74) is 1.09. The van der Waals surface area contributed by atoms with Crippen LogP contribution >= 0.6 is 0 Å². The molecule has 1 aromatic heterocycles. The van der Waals surface area contributed by atoms with E-state index in [9.17, 15) is 14.7 Å². The smallest absolute Gasteiger partial charge is 0.295 e. The molecule has 0 aliphatic carbocycles. The maximum absolute atomic E-state index is 13.2. The number of hydrogen-bond donors (Lipinski definition) is 1. The first-order chi connectivity index (χ1) is 15.5. The Morgan fingerprint density at radius 2 is 1.88 bits per heavy atom. The number of rotatable bonds is 7. The topological polar surface area (TPSA) is 89.2 Å². The van der Waals surface area contributed by atoms with Crippen LogP contribution in [0, 0.1) is 6.92 Å². The average molecular weight is 456 g/mol. The molecule has 178 valence electrons. The largest absolute Gasteiger partial charge is 0.507 e. The zero-order chi connectivity index (χ0) is 24.5. The molecule has 1 aromatic carbocycles. The predicted molar refractivity (Wildman–Crippen MR) is 125 cm³/mol. The van der Waals surface area contributed by atoms with Gasteiger partial charge in [0.1, 0.15) is 29.1 Å². The number of likely N-dealkylation sites (tertiary alicyclic amines) is 1. The van der Waals surface area contributed by atoms with E-state index in [0.717, 1.165) is 5.56 Å². The van der Waals surface area contributed by atoms with E-state index in [2.05, 4.69) is 20.8 Å². The van der Waals surface area contributed by atoms with Crippen molar-refractivity contribution >= 4 is 17.4 Å². The number of aliphatic hydroxyl groups excluding tert-OH is 1. The first-order valence-corrected chi connectivity index (χ1v) is 11.1. The zero-order valence-electron chi connectivity index (χ0n) is 20.4. The highest BCUT2D eigenvalue weighted by molar-refractivity contribution is 6.46. The highest BCUT2D eigenvalue weighted by atomic mass is 16.5. The molecular formula is C26H33NO6. The van der Waals surface area contributed by atoms with Crippen LogP contribution < -0.4 is 4.74 Å². The van der Waals surface area contributed by atoms with Crippen LogP contribution in [0.5, 0.6) is 5.75 Å². The first-order valence-electron chi connectivity index (χ1n) is 11.1. The molecule has 1 saturated heterocycles. The third-order valence-electron chi connectivity index (χ3n) is 5.67. The number of hydrogen-bond acceptors (Lipinski definition) is 6. The predicted octanol–water partition coefficient (Wildman–Crippen LogP) is 4.74. The summed E-state index contributed by atoms with van der Waals surface area (Å²) in [6.45, 7) is 12.2. The van der Waals surface area contributed by atoms with Crippen LogP contribution in [0.1, 0.15) is 63.3 Å². The summed E-state index contributed by atoms with van der Waals surface area (Å²) in [6.07, 6.45) is -0.0180. The number of nitrogens with zero attached hydrogens (tertiary/aromatic N) is 1. The number of amides is 1. The molecule has 2 aromatic rings. The summed E-state index contributed by atoms with van der Waals surface area (Å²) in [5.74, 6) is -0.301. The summed E-state index contributed by atoms with van der Waals surface area (Å²) in [6, 6.07) is 8.10. The van der Waals surface area contributed by atoms with Crippen LogP contribution in [-0.4, -0.2) is 48.1 Å². The fourth-order valence-electron chi connectivity index (χ4n) is 3.90. The normalized spacial score (nSPS) is 18.4. The van der Waals surface area contributed by atoms with Crippen molar-refractivity contribution in [2.24, 2.45) is 0 Å². The van der Waals surface area contributed by atoms with Gasteiger partial charge >= 0.3 is 0 Å². The second-order valence-corrected chi connectivity index (χ2v) is 9.53. The number of carbonyl (C=O) groups is 2. The summed E-state index contributed by atoms with van der Waals surface area (Å²) >= 11 is 0. The third kappa shape index (κ3) is 4.98. The fourth-order valence-corrected chi connectivity index (χ4v) is 3.90. The molecule has 0 saturated carbocycles. The summed E-state index contributed by atoms with van der Waals surface area (Å²) in [7, 11) is 1.50. The Morgan fingerprint density at radius 3 is 2.42 bits per heavy atom. The number of benzene rings is 1. The van der Waals surface area contributed by atoms with Crippen molar-refractivity contribution in [3.05, 3.63) is 58.6 Å². The van der Waals surface area contributed by atoms with E-state index in [0.29, 0.717) is 22.8 Å². The van der Waals surface area contributed by atoms with Gasteiger partial charge in [0, 0.05) is 6.54 Å². The van der Waals surface area contributed by atoms with E-state index < -0.39 is 17.7 Å². The lowest BCUT2D eigenvalue weighted by molar-refractivity contribution is -0.140. The standard InChI is InChI=1S/C26H33NO6/c1-15(2)32-13-12-27-22(20-10-8-16(3)33-20)21(24(29)25(27)30)23(28)18-14-17(26(4,5)6)9-11-19(18)31-7/h8-11,14-15,22,28H,12-13H2,1-7H3/b23-21+. The average Bonchev–Trinajstić information content (AvgIpc) is 3.28. The highest BCUT2D eigenvalue weighted by Gasteiger charge is 2.47. The van der Waals surface area contributed by atoms with Crippen molar-refractivity contribution in [1.82, 2.24) is 4.90 Å². The van der Waals surface area contributed by atoms with Gasteiger partial charge in [-0.1, -0.05) is 26.8 Å². The monoisotopic (exact) mass is 455 g/mol. The van der Waals surface area contributed by atoms with Crippen molar-refractivity contribution in [3.8, 4) is 5.75 Å². The molecule has 1 fully saturated rings. The maximum atomic E-state index is 13.2. The highest BCUT2D eigenvalue weighted by Crippen LogP contribution is 2.42. The van der Waals surface area contributed by atoms with Gasteiger partial charge in [-0.2, -0.15) is 0 Å². The van der Waals surface area contributed by atoms with Crippen LogP contribution in [0.15, 0.2) is 40.3 Å². The fraction of sp³-hybridized carbons (Fsp3) is 0.462. The Hall–Kier alpha value is -3.06. The molecule has 1 aliphatic rings. The summed E-state index contributed by atoms with van der Waals surface area (Å²) in [4.78, 5) is 27.6. The van der Waals surface area contributed by atoms with Crippen LogP contribution in [0.4, 0.5) is 0 Å². The number of ether oxygens (including phenoxy) is 2. The quantitative estimate of drug-likeness (QED) is 0.368. The molecule has 2 heterocycles. The van der Waals surface area contributed by atoms with Crippen LogP contribution in [0.2, 0.25) is 0 Å². The third-order valence-corrected chi connectivity index (χ3v) is 5.67. The van der Waals surface area contributed by atoms with Gasteiger partial charge < -0.3 is 23.9 Å². The number of Topliss-reactive ketones (excluding diaryl/α,β-unsaturated/α-hetero) is 1. The molecule has 1 unspecified atom stereocenters. The molecule has 0 bridgehead atoms. The van der Waals surface area contributed by atoms with Crippen molar-refractivity contribution in [3.63, 3.8) is 0 Å². The molecule has 0 radical (unpaired) electrons. The van der Waals surface area contributed by atoms with E-state index in [4.69, 9.17) is 13.9 Å². The van der Waals surface area contributed by atoms with E-state index in [-0.39, 0.29) is 36.0 Å². The Labute approximate surface area is 195 Å². The van der Waals surface area contributed by atoms with Crippen molar-refractivity contribution < 1.29 is 28.6 Å².